The molecule has 0 fully saturated rings. The molecule has 70 valence electrons. The molecule has 3 nitrogen and oxygen atoms in total. The van der Waals surface area contributed by atoms with Crippen LogP contribution in [0.2, 0.25) is 0 Å². The van der Waals surface area contributed by atoms with Gasteiger partial charge in [0.2, 0.25) is 0 Å². The molecule has 12 heavy (non-hydrogen) atoms. The van der Waals surface area contributed by atoms with Gasteiger partial charge in [-0.3, -0.25) is 0 Å². The summed E-state index contributed by atoms with van der Waals surface area (Å²) in [7, 11) is 1.86. The number of hydrogen-bond acceptors (Lipinski definition) is 3. The first-order chi connectivity index (χ1) is 5.58. The van der Waals surface area contributed by atoms with E-state index in [1.165, 1.54) is 0 Å². The summed E-state index contributed by atoms with van der Waals surface area (Å²) in [5.74, 6) is 0. The van der Waals surface area contributed by atoms with Gasteiger partial charge in [0.05, 0.1) is 12.1 Å². The van der Waals surface area contributed by atoms with E-state index in [2.05, 4.69) is 10.6 Å². The van der Waals surface area contributed by atoms with E-state index in [4.69, 9.17) is 0 Å². The number of aliphatic hydroxyl groups excluding tert-OH is 1. The summed E-state index contributed by atoms with van der Waals surface area (Å²) in [6.45, 7) is 4.85. The Morgan fingerprint density at radius 1 is 1.67 bits per heavy atom. The molecule has 0 aromatic rings. The van der Waals surface area contributed by atoms with Gasteiger partial charge >= 0.3 is 0 Å². The van der Waals surface area contributed by atoms with Crippen LogP contribution < -0.4 is 10.6 Å². The van der Waals surface area contributed by atoms with Crippen LogP contribution >= 0.6 is 0 Å². The molecule has 1 rings (SSSR count). The third kappa shape index (κ3) is 1.86. The molecular weight excluding hydrogens is 152 g/mol. The van der Waals surface area contributed by atoms with Crippen LogP contribution in [0.4, 0.5) is 0 Å². The Hall–Kier alpha value is -0.380. The van der Waals surface area contributed by atoms with Crippen molar-refractivity contribution in [3.8, 4) is 0 Å². The van der Waals surface area contributed by atoms with Gasteiger partial charge in [0.25, 0.3) is 0 Å². The molecule has 0 radical (unpaired) electrons. The summed E-state index contributed by atoms with van der Waals surface area (Å²) in [6, 6.07) is 0.0902. The molecule has 1 heterocycles. The van der Waals surface area contributed by atoms with Gasteiger partial charge < -0.3 is 15.7 Å². The first kappa shape index (κ1) is 9.71. The molecule has 0 spiro atoms. The molecule has 1 aliphatic heterocycles. The van der Waals surface area contributed by atoms with Crippen LogP contribution in [0.15, 0.2) is 12.2 Å². The second kappa shape index (κ2) is 3.56. The predicted octanol–water partition coefficient (Wildman–Crippen LogP) is -0.127. The highest BCUT2D eigenvalue weighted by molar-refractivity contribution is 5.09. The van der Waals surface area contributed by atoms with E-state index in [1.54, 1.807) is 0 Å². The molecule has 2 unspecified atom stereocenters. The number of rotatable bonds is 3. The van der Waals surface area contributed by atoms with Gasteiger partial charge in [-0.05, 0) is 20.9 Å². The summed E-state index contributed by atoms with van der Waals surface area (Å²) in [5.41, 5.74) is -0.244. The maximum atomic E-state index is 9.90. The van der Waals surface area contributed by atoms with Crippen LogP contribution in [0.3, 0.4) is 0 Å². The predicted molar refractivity (Wildman–Crippen MR) is 50.1 cm³/mol. The van der Waals surface area contributed by atoms with Crippen molar-refractivity contribution < 1.29 is 5.11 Å². The highest BCUT2D eigenvalue weighted by Crippen LogP contribution is 2.14. The number of hydrogen-bond donors (Lipinski definition) is 3. The minimum Gasteiger partial charge on any atom is -0.389 e. The Labute approximate surface area is 73.9 Å². The zero-order valence-electron chi connectivity index (χ0n) is 7.96. The maximum Gasteiger partial charge on any atom is 0.0904 e. The lowest BCUT2D eigenvalue weighted by Crippen LogP contribution is -2.55. The number of aliphatic hydroxyl groups is 1. The second-order valence-electron chi connectivity index (χ2n) is 3.78. The molecule has 0 aliphatic carbocycles. The summed E-state index contributed by atoms with van der Waals surface area (Å²) in [4.78, 5) is 0. The normalized spacial score (nSPS) is 26.2. The minimum atomic E-state index is -0.388. The number of nitrogens with one attached hydrogen (secondary N) is 2. The third-order valence-corrected chi connectivity index (χ3v) is 2.54. The highest BCUT2D eigenvalue weighted by atomic mass is 16.3. The van der Waals surface area contributed by atoms with Gasteiger partial charge in [-0.25, -0.2) is 0 Å². The molecule has 0 saturated carbocycles. The first-order valence-corrected chi connectivity index (χ1v) is 4.35. The van der Waals surface area contributed by atoms with Crippen molar-refractivity contribution in [2.24, 2.45) is 0 Å². The van der Waals surface area contributed by atoms with Crippen molar-refractivity contribution in [1.29, 1.82) is 0 Å². The van der Waals surface area contributed by atoms with Crippen molar-refractivity contribution in [1.82, 2.24) is 10.6 Å². The number of likely N-dealkylation sites (N-methyl/N-ethyl adjacent to an activating group) is 1. The highest BCUT2D eigenvalue weighted by Gasteiger charge is 2.32. The van der Waals surface area contributed by atoms with Crippen LogP contribution in [-0.4, -0.2) is 36.4 Å². The van der Waals surface area contributed by atoms with Crippen LogP contribution in [0.1, 0.15) is 13.8 Å². The summed E-state index contributed by atoms with van der Waals surface area (Å²) in [5, 5.41) is 16.2. The standard InChI is InChI=1S/C9H18N2O/c1-9(2,10-3)8(12)7-5-4-6-11-7/h4-5,7-8,10-12H,6H2,1-3H3. The maximum absolute atomic E-state index is 9.90. The quantitative estimate of drug-likeness (QED) is 0.517. The summed E-state index contributed by atoms with van der Waals surface area (Å²) in [6.07, 6.45) is 3.67. The van der Waals surface area contributed by atoms with Gasteiger partial charge in [0.1, 0.15) is 0 Å². The molecule has 1 aliphatic rings. The Kier molecular flexibility index (Phi) is 2.88. The molecule has 2 atom stereocenters. The average Bonchev–Trinajstić information content (AvgIpc) is 2.55. The first-order valence-electron chi connectivity index (χ1n) is 4.35. The van der Waals surface area contributed by atoms with Crippen molar-refractivity contribution in [2.45, 2.75) is 31.5 Å². The fourth-order valence-corrected chi connectivity index (χ4v) is 1.30. The lowest BCUT2D eigenvalue weighted by molar-refractivity contribution is 0.0670. The van der Waals surface area contributed by atoms with E-state index >= 15 is 0 Å². The van der Waals surface area contributed by atoms with E-state index < -0.39 is 0 Å². The molecular formula is C9H18N2O. The van der Waals surface area contributed by atoms with Crippen molar-refractivity contribution >= 4 is 0 Å². The molecule has 3 N–H and O–H groups in total. The second-order valence-corrected chi connectivity index (χ2v) is 3.78. The van der Waals surface area contributed by atoms with Crippen molar-refractivity contribution in [2.75, 3.05) is 13.6 Å². The van der Waals surface area contributed by atoms with E-state index in [0.717, 1.165) is 6.54 Å². The Bertz CT molecular complexity index is 177. The van der Waals surface area contributed by atoms with Gasteiger partial charge in [-0.15, -0.1) is 0 Å². The fourth-order valence-electron chi connectivity index (χ4n) is 1.30. The Morgan fingerprint density at radius 3 is 2.75 bits per heavy atom. The molecule has 0 amide bonds. The Balaban J connectivity index is 2.56. The van der Waals surface area contributed by atoms with Gasteiger partial charge in [0.15, 0.2) is 0 Å². The fraction of sp³-hybridized carbons (Fsp3) is 0.778. The molecule has 0 bridgehead atoms. The van der Waals surface area contributed by atoms with E-state index in [0.29, 0.717) is 0 Å². The van der Waals surface area contributed by atoms with Gasteiger partial charge in [-0.1, -0.05) is 12.2 Å². The van der Waals surface area contributed by atoms with Crippen molar-refractivity contribution in [3.63, 3.8) is 0 Å². The van der Waals surface area contributed by atoms with E-state index in [1.807, 2.05) is 33.0 Å². The SMILES string of the molecule is CNC(C)(C)C(O)C1C=CCN1. The molecule has 0 aromatic heterocycles. The molecule has 0 saturated heterocycles. The summed E-state index contributed by atoms with van der Waals surface area (Å²) < 4.78 is 0. The van der Waals surface area contributed by atoms with E-state index in [9.17, 15) is 5.11 Å². The largest absolute Gasteiger partial charge is 0.389 e. The van der Waals surface area contributed by atoms with Gasteiger partial charge in [0, 0.05) is 12.1 Å². The van der Waals surface area contributed by atoms with Crippen LogP contribution in [0.25, 0.3) is 0 Å². The minimum absolute atomic E-state index is 0.0902. The Morgan fingerprint density at radius 2 is 2.33 bits per heavy atom. The molecule has 0 aromatic carbocycles. The lowest BCUT2D eigenvalue weighted by Gasteiger charge is -2.33. The smallest absolute Gasteiger partial charge is 0.0904 e. The zero-order valence-corrected chi connectivity index (χ0v) is 7.96. The van der Waals surface area contributed by atoms with Crippen LogP contribution in [0.5, 0.6) is 0 Å². The van der Waals surface area contributed by atoms with Crippen molar-refractivity contribution in [3.05, 3.63) is 12.2 Å². The third-order valence-electron chi connectivity index (χ3n) is 2.54. The summed E-state index contributed by atoms with van der Waals surface area (Å²) >= 11 is 0. The van der Waals surface area contributed by atoms with E-state index in [-0.39, 0.29) is 17.7 Å². The average molecular weight is 170 g/mol. The monoisotopic (exact) mass is 170 g/mol. The topological polar surface area (TPSA) is 44.3 Å². The van der Waals surface area contributed by atoms with Crippen LogP contribution in [-0.2, 0) is 0 Å². The van der Waals surface area contributed by atoms with Crippen LogP contribution in [0, 0.1) is 0 Å². The molecule has 3 heteroatoms. The van der Waals surface area contributed by atoms with Gasteiger partial charge in [-0.2, -0.15) is 0 Å². The lowest BCUT2D eigenvalue weighted by atomic mass is 9.92. The zero-order chi connectivity index (χ0) is 9.19.